The Morgan fingerprint density at radius 2 is 1.57 bits per heavy atom. The number of hydrogen-bond acceptors (Lipinski definition) is 9. The van der Waals surface area contributed by atoms with E-state index in [0.29, 0.717) is 42.7 Å². The van der Waals surface area contributed by atoms with Crippen LogP contribution in [0.5, 0.6) is 0 Å². The van der Waals surface area contributed by atoms with Crippen molar-refractivity contribution in [3.05, 3.63) is 89.3 Å². The first-order chi connectivity index (χ1) is 25.5. The van der Waals surface area contributed by atoms with Crippen molar-refractivity contribution >= 4 is 69.6 Å². The Hall–Kier alpha value is -5.78. The lowest BCUT2D eigenvalue weighted by atomic mass is 9.94. The number of para-hydroxylation sites is 1. The molecule has 6 rings (SSSR count). The lowest BCUT2D eigenvalue weighted by Gasteiger charge is -2.32. The van der Waals surface area contributed by atoms with Crippen LogP contribution in [0.3, 0.4) is 0 Å². The normalized spacial score (nSPS) is 15.3. The highest BCUT2D eigenvalue weighted by Crippen LogP contribution is 2.30. The first kappa shape index (κ1) is 39.4. The number of likely N-dealkylation sites (tertiary alicyclic amines) is 1. The monoisotopic (exact) mass is 776 g/mol. The molecule has 0 aliphatic carbocycles. The molecule has 0 saturated carbocycles. The Bertz CT molecular complexity index is 1990. The van der Waals surface area contributed by atoms with Crippen LogP contribution in [0.2, 0.25) is 5.02 Å². The number of carbonyl (C=O) groups excluding carboxylic acids is 4. The zero-order valence-corrected chi connectivity index (χ0v) is 28.8. The van der Waals surface area contributed by atoms with Gasteiger partial charge >= 0.3 is 30.0 Å². The van der Waals surface area contributed by atoms with E-state index in [-0.39, 0.29) is 17.9 Å². The van der Waals surface area contributed by atoms with E-state index in [4.69, 9.17) is 11.6 Å². The Labute approximate surface area is 308 Å². The molecule has 284 valence electrons. The number of fused-ring (bicyclic) bond motifs is 6. The third kappa shape index (κ3) is 10.9. The predicted octanol–water partition coefficient (Wildman–Crippen LogP) is 7.63. The second kappa shape index (κ2) is 16.9. The van der Waals surface area contributed by atoms with Crippen LogP contribution < -0.4 is 21.3 Å². The van der Waals surface area contributed by atoms with Crippen molar-refractivity contribution in [2.45, 2.75) is 44.5 Å². The molecule has 4 aromatic rings. The van der Waals surface area contributed by atoms with Gasteiger partial charge in [0.2, 0.25) is 11.9 Å². The number of Topliss-reactive ketones (excluding diaryl/α,β-unsaturated/α-hetero) is 2. The van der Waals surface area contributed by atoms with Gasteiger partial charge in [-0.2, -0.15) is 31.3 Å². The first-order valence-electron chi connectivity index (χ1n) is 16.3. The number of halogens is 7. The summed E-state index contributed by atoms with van der Waals surface area (Å²) >= 11 is 6.38. The molecular weight excluding hydrogens is 746 g/mol. The van der Waals surface area contributed by atoms with E-state index in [9.17, 15) is 45.5 Å². The number of aryl methyl sites for hydroxylation is 2. The highest BCUT2D eigenvalue weighted by molar-refractivity contribution is 6.41. The summed E-state index contributed by atoms with van der Waals surface area (Å²) in [6.07, 6.45) is -2.93. The molecule has 0 unspecified atom stereocenters. The summed E-state index contributed by atoms with van der Waals surface area (Å²) in [4.78, 5) is 60.3. The molecule has 6 bridgehead atoms. The van der Waals surface area contributed by atoms with Gasteiger partial charge in [0, 0.05) is 42.8 Å². The average molecular weight is 777 g/mol. The molecule has 12 nitrogen and oxygen atoms in total. The van der Waals surface area contributed by atoms with Gasteiger partial charge in [0.1, 0.15) is 5.02 Å². The summed E-state index contributed by atoms with van der Waals surface area (Å²) in [5, 5.41) is 12.9. The van der Waals surface area contributed by atoms with Crippen LogP contribution in [0.1, 0.15) is 30.4 Å². The Kier molecular flexibility index (Phi) is 12.4. The van der Waals surface area contributed by atoms with E-state index < -0.39 is 23.9 Å². The molecule has 4 heterocycles. The lowest BCUT2D eigenvalue weighted by Crippen LogP contribution is -2.43. The van der Waals surface area contributed by atoms with Crippen molar-refractivity contribution in [3.8, 4) is 0 Å². The van der Waals surface area contributed by atoms with Crippen LogP contribution in [0, 0.1) is 5.92 Å². The van der Waals surface area contributed by atoms with Crippen LogP contribution in [0.15, 0.2) is 73.2 Å². The number of piperidine rings is 1. The number of nitrogens with zero attached hydrogens (tertiary/aromatic N) is 4. The summed E-state index contributed by atoms with van der Waals surface area (Å²) in [6.45, 7) is 1.22. The van der Waals surface area contributed by atoms with Gasteiger partial charge in [0.05, 0.1) is 18.1 Å². The van der Waals surface area contributed by atoms with E-state index in [1.54, 1.807) is 17.3 Å². The minimum Gasteiger partial charge on any atom is -0.339 e. The van der Waals surface area contributed by atoms with Gasteiger partial charge in [-0.3, -0.25) is 19.4 Å². The maximum Gasteiger partial charge on any atom is 0.458 e. The number of ketones is 2. The second-order valence-electron chi connectivity index (χ2n) is 12.3. The molecule has 1 saturated heterocycles. The van der Waals surface area contributed by atoms with E-state index in [1.807, 2.05) is 60.8 Å². The van der Waals surface area contributed by atoms with Gasteiger partial charge in [-0.05, 0) is 79.1 Å². The Morgan fingerprint density at radius 1 is 0.852 bits per heavy atom. The number of carbonyl (C=O) groups is 4. The van der Waals surface area contributed by atoms with Crippen molar-refractivity contribution < 1.29 is 45.5 Å². The van der Waals surface area contributed by atoms with Gasteiger partial charge in [0.15, 0.2) is 5.82 Å². The smallest absolute Gasteiger partial charge is 0.339 e. The van der Waals surface area contributed by atoms with E-state index in [0.717, 1.165) is 53.1 Å². The number of rotatable bonds is 5. The van der Waals surface area contributed by atoms with E-state index in [2.05, 4.69) is 36.2 Å². The number of anilines is 6. The fraction of sp³-hybridized carbons (Fsp3) is 0.286. The van der Waals surface area contributed by atoms with E-state index in [1.165, 1.54) is 0 Å². The summed E-state index contributed by atoms with van der Waals surface area (Å²) in [7, 11) is 0. The molecule has 19 heteroatoms. The minimum atomic E-state index is -5.77. The van der Waals surface area contributed by atoms with Crippen molar-refractivity contribution in [1.29, 1.82) is 0 Å². The van der Waals surface area contributed by atoms with Crippen LogP contribution in [0.25, 0.3) is 0 Å². The molecule has 0 radical (unpaired) electrons. The topological polar surface area (TPSA) is 158 Å². The zero-order chi connectivity index (χ0) is 39.0. The average Bonchev–Trinajstić information content (AvgIpc) is 3.12. The number of hydrogen-bond donors (Lipinski definition) is 4. The number of pyridine rings is 1. The third-order valence-corrected chi connectivity index (χ3v) is 8.42. The van der Waals surface area contributed by atoms with Crippen molar-refractivity contribution in [3.63, 3.8) is 0 Å². The lowest BCUT2D eigenvalue weighted by molar-refractivity contribution is -0.193. The molecule has 1 atom stereocenters. The molecule has 1 fully saturated rings. The number of urea groups is 1. The number of alkyl halides is 6. The molecular formula is C35H31ClF6N8O4. The fourth-order valence-electron chi connectivity index (χ4n) is 5.61. The second-order valence-corrected chi connectivity index (χ2v) is 12.7. The Balaban J connectivity index is 0.000000404. The number of nitrogens with one attached hydrogen (secondary N) is 4. The SMILES string of the molecule is O=C(C(=O)C(F)(F)F)C(F)(F)F.O=C(C[C@@H]1CCCN(C(=O)Nc2ccccc2)C1)Nc1ccc2cc1CCc1cncc(c1)Nc1ncc(Cl)c(n1)N2. The maximum absolute atomic E-state index is 13.2. The van der Waals surface area contributed by atoms with Crippen LogP contribution in [-0.4, -0.2) is 68.8 Å². The largest absolute Gasteiger partial charge is 0.458 e. The highest BCUT2D eigenvalue weighted by atomic mass is 35.5. The molecule has 2 aliphatic heterocycles. The van der Waals surface area contributed by atoms with E-state index >= 15 is 0 Å². The van der Waals surface area contributed by atoms with Gasteiger partial charge in [-0.15, -0.1) is 0 Å². The molecule has 2 aromatic heterocycles. The minimum absolute atomic E-state index is 0.0680. The quantitative estimate of drug-likeness (QED) is 0.118. The van der Waals surface area contributed by atoms with Gasteiger partial charge in [0.25, 0.3) is 0 Å². The van der Waals surface area contributed by atoms with Gasteiger partial charge < -0.3 is 26.2 Å². The molecule has 54 heavy (non-hydrogen) atoms. The molecule has 2 aromatic carbocycles. The number of benzene rings is 2. The zero-order valence-electron chi connectivity index (χ0n) is 28.0. The van der Waals surface area contributed by atoms with Crippen LogP contribution in [0.4, 0.5) is 65.7 Å². The molecule has 2 aliphatic rings. The fourth-order valence-corrected chi connectivity index (χ4v) is 5.75. The summed E-state index contributed by atoms with van der Waals surface area (Å²) in [6, 6.07) is 17.1. The first-order valence-corrected chi connectivity index (χ1v) is 16.7. The number of aromatic nitrogens is 3. The maximum atomic E-state index is 13.2. The van der Waals surface area contributed by atoms with Crippen molar-refractivity contribution in [2.24, 2.45) is 5.92 Å². The molecule has 0 spiro atoms. The van der Waals surface area contributed by atoms with Crippen molar-refractivity contribution in [2.75, 3.05) is 34.4 Å². The van der Waals surface area contributed by atoms with Crippen molar-refractivity contribution in [1.82, 2.24) is 19.9 Å². The Morgan fingerprint density at radius 3 is 2.28 bits per heavy atom. The third-order valence-electron chi connectivity index (χ3n) is 8.15. The molecule has 4 N–H and O–H groups in total. The predicted molar refractivity (Wildman–Crippen MR) is 187 cm³/mol. The van der Waals surface area contributed by atoms with Gasteiger partial charge in [-0.25, -0.2) is 9.78 Å². The molecule has 3 amide bonds. The van der Waals surface area contributed by atoms with Crippen LogP contribution in [-0.2, 0) is 27.2 Å². The highest BCUT2D eigenvalue weighted by Gasteiger charge is 2.54. The standard InChI is InChI=1S/C31H31ClN8O2.C4F6O2/c32-26-18-34-30-36-25-13-20(16-33-17-25)8-9-22-15-24(35-29(26)39-30)10-11-27(22)38-28(41)14-21-5-4-12-40(19-21)31(42)37-23-6-2-1-3-7-23;5-3(6,7)1(11)2(12)4(8,9)10/h1-3,6-7,10-11,13,15-18,21H,4-5,8-9,12,14,19H2,(H,37,42)(H,38,41)(H2,34,35,36,39);/t21-;/m0./s1. The van der Waals surface area contributed by atoms with Gasteiger partial charge in [-0.1, -0.05) is 29.8 Å². The number of amides is 3. The van der Waals surface area contributed by atoms with Crippen LogP contribution >= 0.6 is 11.6 Å². The summed E-state index contributed by atoms with van der Waals surface area (Å²) in [5.41, 5.74) is 5.11. The summed E-state index contributed by atoms with van der Waals surface area (Å²) < 4.78 is 67.0. The summed E-state index contributed by atoms with van der Waals surface area (Å²) in [5.74, 6) is -5.92.